The Morgan fingerprint density at radius 2 is 0.920 bits per heavy atom. The summed E-state index contributed by atoms with van der Waals surface area (Å²) in [6.45, 7) is 2.59. The number of aliphatic hydroxyl groups excluding tert-OH is 8. The second kappa shape index (κ2) is 46.6. The molecule has 0 radical (unpaired) electrons. The van der Waals surface area contributed by atoms with Crippen molar-refractivity contribution in [3.05, 3.63) is 60.8 Å². The van der Waals surface area contributed by atoms with Gasteiger partial charge in [-0.1, -0.05) is 222 Å². The van der Waals surface area contributed by atoms with Crippen LogP contribution in [0.5, 0.6) is 0 Å². The number of carbonyl (C=O) groups is 1. The molecule has 14 heteroatoms. The summed E-state index contributed by atoms with van der Waals surface area (Å²) < 4.78 is 22.6. The van der Waals surface area contributed by atoms with E-state index in [1.54, 1.807) is 6.08 Å². The maximum atomic E-state index is 13.1. The molecule has 2 fully saturated rings. The highest BCUT2D eigenvalue weighted by Crippen LogP contribution is 2.30. The van der Waals surface area contributed by atoms with Gasteiger partial charge in [0.05, 0.1) is 32.0 Å². The Hall–Kier alpha value is -2.31. The van der Waals surface area contributed by atoms with Gasteiger partial charge in [-0.2, -0.15) is 0 Å². The summed E-state index contributed by atoms with van der Waals surface area (Å²) in [6, 6.07) is -0.910. The molecule has 2 saturated heterocycles. The molecule has 0 aromatic rings. The standard InChI is InChI=1S/C61H109NO13/c1-3-5-7-9-11-12-13-14-15-16-17-18-19-20-21-22-23-24-25-26-27-28-29-30-31-32-33-34-35-36-37-38-39-41-43-45-53(66)62-49(50(65)44-42-40-10-8-6-4-2)48-72-60-58(71)56(69)59(52(47-64)74-60)75-61-57(70)55(68)54(67)51(46-63)73-61/h5,7,11-12,14-15,17-18,42,44,49-52,54-61,63-65,67-71H,3-4,6,8-10,13,16,19-41,43,45-48H2,1-2H3,(H,62,66)/b7-5-,12-11-,15-14-,18-17-,44-42+. The SMILES string of the molecule is CC/C=C\C/C=C\C/C=C\C/C=C\CCCCCCCCCCCCCCCCCCCCCCCCC(=O)NC(COC1OC(CO)C(OC2OC(CO)C(O)C(O)C2O)C(O)C1O)C(O)/C=C/CCCCCC. The zero-order valence-corrected chi connectivity index (χ0v) is 46.8. The molecular formula is C61H109NO13. The van der Waals surface area contributed by atoms with Crippen molar-refractivity contribution in [1.82, 2.24) is 5.32 Å². The molecule has 12 unspecified atom stereocenters. The predicted octanol–water partition coefficient (Wildman–Crippen LogP) is 10.2. The van der Waals surface area contributed by atoms with Gasteiger partial charge in [-0.3, -0.25) is 4.79 Å². The highest BCUT2D eigenvalue weighted by molar-refractivity contribution is 5.76. The molecule has 436 valence electrons. The van der Waals surface area contributed by atoms with E-state index >= 15 is 0 Å². The molecule has 12 atom stereocenters. The topological polar surface area (TPSA) is 228 Å². The second-order valence-electron chi connectivity index (χ2n) is 21.1. The number of unbranched alkanes of at least 4 members (excludes halogenated alkanes) is 26. The van der Waals surface area contributed by atoms with Crippen molar-refractivity contribution in [1.29, 1.82) is 0 Å². The number of hydrogen-bond donors (Lipinski definition) is 9. The van der Waals surface area contributed by atoms with Crippen molar-refractivity contribution in [3.8, 4) is 0 Å². The van der Waals surface area contributed by atoms with Gasteiger partial charge in [-0.05, 0) is 57.8 Å². The first-order valence-corrected chi connectivity index (χ1v) is 30.0. The maximum Gasteiger partial charge on any atom is 0.220 e. The molecule has 2 heterocycles. The fourth-order valence-corrected chi connectivity index (χ4v) is 9.64. The molecule has 9 N–H and O–H groups in total. The third-order valence-electron chi connectivity index (χ3n) is 14.5. The number of hydrogen-bond acceptors (Lipinski definition) is 13. The first-order chi connectivity index (χ1) is 36.6. The third-order valence-corrected chi connectivity index (χ3v) is 14.5. The smallest absolute Gasteiger partial charge is 0.220 e. The van der Waals surface area contributed by atoms with E-state index < -0.39 is 86.8 Å². The van der Waals surface area contributed by atoms with Crippen LogP contribution in [0, 0.1) is 0 Å². The normalized spacial score (nSPS) is 25.5. The lowest BCUT2D eigenvalue weighted by Crippen LogP contribution is -2.65. The lowest BCUT2D eigenvalue weighted by atomic mass is 9.97. The highest BCUT2D eigenvalue weighted by Gasteiger charge is 2.51. The molecule has 1 amide bonds. The van der Waals surface area contributed by atoms with Gasteiger partial charge in [0.2, 0.25) is 5.91 Å². The average Bonchev–Trinajstić information content (AvgIpc) is 3.41. The van der Waals surface area contributed by atoms with Crippen molar-refractivity contribution in [3.63, 3.8) is 0 Å². The molecule has 0 aromatic carbocycles. The number of nitrogens with one attached hydrogen (secondary N) is 1. The van der Waals surface area contributed by atoms with E-state index in [2.05, 4.69) is 67.8 Å². The van der Waals surface area contributed by atoms with Crippen molar-refractivity contribution >= 4 is 5.91 Å². The number of ether oxygens (including phenoxy) is 4. The van der Waals surface area contributed by atoms with Gasteiger partial charge in [0.25, 0.3) is 0 Å². The molecule has 0 bridgehead atoms. The maximum absolute atomic E-state index is 13.1. The van der Waals surface area contributed by atoms with Crippen LogP contribution in [-0.2, 0) is 23.7 Å². The monoisotopic (exact) mass is 1060 g/mol. The summed E-state index contributed by atoms with van der Waals surface area (Å²) in [5.41, 5.74) is 0. The molecule has 0 aliphatic carbocycles. The Bertz CT molecular complexity index is 1490. The largest absolute Gasteiger partial charge is 0.394 e. The minimum atomic E-state index is -1.79. The Labute approximate surface area is 454 Å². The molecule has 0 spiro atoms. The fourth-order valence-electron chi connectivity index (χ4n) is 9.64. The number of rotatable bonds is 47. The number of carbonyl (C=O) groups excluding carboxylic acids is 1. The molecule has 2 aliphatic rings. The van der Waals surface area contributed by atoms with Crippen LogP contribution in [0.15, 0.2) is 60.8 Å². The van der Waals surface area contributed by atoms with Crippen LogP contribution in [0.2, 0.25) is 0 Å². The highest BCUT2D eigenvalue weighted by atomic mass is 16.7. The van der Waals surface area contributed by atoms with Crippen LogP contribution in [0.1, 0.15) is 226 Å². The van der Waals surface area contributed by atoms with E-state index in [0.717, 1.165) is 77.0 Å². The number of amides is 1. The number of aliphatic hydroxyl groups is 8. The van der Waals surface area contributed by atoms with Crippen LogP contribution in [-0.4, -0.2) is 140 Å². The molecule has 2 rings (SSSR count). The van der Waals surface area contributed by atoms with Crippen LogP contribution in [0.25, 0.3) is 0 Å². The quantitative estimate of drug-likeness (QED) is 0.0204. The summed E-state index contributed by atoms with van der Waals surface area (Å²) in [5.74, 6) is -0.244. The molecule has 2 aliphatic heterocycles. The Morgan fingerprint density at radius 3 is 1.41 bits per heavy atom. The van der Waals surface area contributed by atoms with Gasteiger partial charge < -0.3 is 65.1 Å². The summed E-state index contributed by atoms with van der Waals surface area (Å²) in [4.78, 5) is 13.1. The summed E-state index contributed by atoms with van der Waals surface area (Å²) in [6.07, 6.45) is 43.5. The van der Waals surface area contributed by atoms with Gasteiger partial charge in [-0.25, -0.2) is 0 Å². The minimum Gasteiger partial charge on any atom is -0.394 e. The molecule has 0 aromatic heterocycles. The van der Waals surface area contributed by atoms with Gasteiger partial charge in [-0.15, -0.1) is 0 Å². The van der Waals surface area contributed by atoms with Crippen molar-refractivity contribution in [2.45, 2.75) is 299 Å². The second-order valence-corrected chi connectivity index (χ2v) is 21.1. The van der Waals surface area contributed by atoms with Crippen molar-refractivity contribution in [2.75, 3.05) is 19.8 Å². The lowest BCUT2D eigenvalue weighted by Gasteiger charge is -2.46. The zero-order valence-electron chi connectivity index (χ0n) is 46.8. The van der Waals surface area contributed by atoms with E-state index in [4.69, 9.17) is 18.9 Å². The van der Waals surface area contributed by atoms with Crippen molar-refractivity contribution in [2.24, 2.45) is 0 Å². The third kappa shape index (κ3) is 32.4. The Kier molecular flexibility index (Phi) is 42.7. The van der Waals surface area contributed by atoms with Crippen LogP contribution in [0.4, 0.5) is 0 Å². The molecule has 0 saturated carbocycles. The fraction of sp³-hybridized carbons (Fsp3) is 0.820. The summed E-state index contributed by atoms with van der Waals surface area (Å²) >= 11 is 0. The Balaban J connectivity index is 1.53. The van der Waals surface area contributed by atoms with Gasteiger partial charge in [0.1, 0.15) is 48.8 Å². The average molecular weight is 1060 g/mol. The summed E-state index contributed by atoms with van der Waals surface area (Å²) in [7, 11) is 0. The van der Waals surface area contributed by atoms with Crippen LogP contribution < -0.4 is 5.32 Å². The number of allylic oxidation sites excluding steroid dienone is 9. The van der Waals surface area contributed by atoms with E-state index in [-0.39, 0.29) is 18.9 Å². The predicted molar refractivity (Wildman–Crippen MR) is 300 cm³/mol. The van der Waals surface area contributed by atoms with Crippen LogP contribution >= 0.6 is 0 Å². The van der Waals surface area contributed by atoms with Crippen molar-refractivity contribution < 1.29 is 64.6 Å². The van der Waals surface area contributed by atoms with Gasteiger partial charge >= 0.3 is 0 Å². The minimum absolute atomic E-state index is 0.244. The molecule has 75 heavy (non-hydrogen) atoms. The lowest BCUT2D eigenvalue weighted by molar-refractivity contribution is -0.359. The zero-order chi connectivity index (χ0) is 54.6. The summed E-state index contributed by atoms with van der Waals surface area (Å²) in [5, 5.41) is 86.5. The van der Waals surface area contributed by atoms with Gasteiger partial charge in [0.15, 0.2) is 12.6 Å². The molecule has 14 nitrogen and oxygen atoms in total. The van der Waals surface area contributed by atoms with E-state index in [1.165, 1.54) is 122 Å². The Morgan fingerprint density at radius 1 is 0.493 bits per heavy atom. The first-order valence-electron chi connectivity index (χ1n) is 30.0. The van der Waals surface area contributed by atoms with Gasteiger partial charge in [0, 0.05) is 6.42 Å². The van der Waals surface area contributed by atoms with E-state index in [1.807, 2.05) is 6.08 Å². The van der Waals surface area contributed by atoms with E-state index in [9.17, 15) is 45.6 Å². The first kappa shape index (κ1) is 68.8. The molecular weight excluding hydrogens is 955 g/mol. The van der Waals surface area contributed by atoms with Crippen LogP contribution in [0.3, 0.4) is 0 Å². The van der Waals surface area contributed by atoms with E-state index in [0.29, 0.717) is 6.42 Å².